The number of alkyl carbamates (subject to hydrolysis) is 1. The highest BCUT2D eigenvalue weighted by molar-refractivity contribution is 5.94. The molecule has 252 valence electrons. The molecule has 1 saturated heterocycles. The molecule has 11 nitrogen and oxygen atoms in total. The van der Waals surface area contributed by atoms with Gasteiger partial charge in [0.15, 0.2) is 0 Å². The van der Waals surface area contributed by atoms with Gasteiger partial charge in [-0.05, 0) is 45.2 Å². The van der Waals surface area contributed by atoms with Crippen LogP contribution in [0.3, 0.4) is 0 Å². The van der Waals surface area contributed by atoms with Crippen molar-refractivity contribution in [3.63, 3.8) is 0 Å². The van der Waals surface area contributed by atoms with Gasteiger partial charge in [0.2, 0.25) is 5.91 Å². The number of benzene rings is 2. The molecule has 3 aromatic rings. The molecule has 4 rings (SSSR count). The molecule has 0 bridgehead atoms. The number of rotatable bonds is 12. The van der Waals surface area contributed by atoms with Crippen molar-refractivity contribution in [3.8, 4) is 22.8 Å². The van der Waals surface area contributed by atoms with E-state index in [-0.39, 0.29) is 24.2 Å². The van der Waals surface area contributed by atoms with Crippen LogP contribution in [0.4, 0.5) is 4.79 Å². The summed E-state index contributed by atoms with van der Waals surface area (Å²) < 4.78 is 17.6. The molecule has 11 heteroatoms. The normalized spacial score (nSPS) is 17.6. The minimum Gasteiger partial charge on any atom is -0.497 e. The first kappa shape index (κ1) is 35.2. The van der Waals surface area contributed by atoms with E-state index in [1.165, 1.54) is 0 Å². The second-order valence-corrected chi connectivity index (χ2v) is 13.2. The predicted octanol–water partition coefficient (Wildman–Crippen LogP) is 5.74. The third-order valence-corrected chi connectivity index (χ3v) is 7.93. The van der Waals surface area contributed by atoms with Gasteiger partial charge in [-0.25, -0.2) is 9.78 Å². The Morgan fingerprint density at radius 1 is 1.11 bits per heavy atom. The second-order valence-electron chi connectivity index (χ2n) is 13.2. The quantitative estimate of drug-likeness (QED) is 0.129. The summed E-state index contributed by atoms with van der Waals surface area (Å²) in [6.07, 6.45) is 1.19. The van der Waals surface area contributed by atoms with Crippen molar-refractivity contribution in [1.82, 2.24) is 20.5 Å². The molecule has 0 saturated carbocycles. The number of nitrogens with one attached hydrogen (secondary N) is 3. The first-order valence-corrected chi connectivity index (χ1v) is 16.1. The number of aromatic nitrogens is 1. The lowest BCUT2D eigenvalue weighted by Gasteiger charge is -2.32. The van der Waals surface area contributed by atoms with Crippen LogP contribution in [0.2, 0.25) is 0 Å². The summed E-state index contributed by atoms with van der Waals surface area (Å²) in [6, 6.07) is 15.1. The molecule has 3 N–H and O–H groups in total. The number of pyridine rings is 1. The van der Waals surface area contributed by atoms with Gasteiger partial charge in [-0.2, -0.15) is 0 Å². The third-order valence-electron chi connectivity index (χ3n) is 7.93. The number of ether oxygens (including phenoxy) is 3. The van der Waals surface area contributed by atoms with Gasteiger partial charge in [0, 0.05) is 29.5 Å². The maximum atomic E-state index is 14.2. The van der Waals surface area contributed by atoms with E-state index in [1.54, 1.807) is 32.8 Å². The van der Waals surface area contributed by atoms with Gasteiger partial charge < -0.3 is 34.5 Å². The standard InChI is InChI=1S/C36H47N5O6/c1-8-12-24(21-42)38-33(37)30-18-26(20-41(30)34(43)32(22(2)3)40-35(44)47-36(4,5)6)46-31-19-28(23-13-10-9-11-14-23)39-29-17-25(45-7)15-16-27(29)31/h9-11,13-17,19,21-22,24,26,30,32H,8,12,18,20H2,1-7H3,(H2,37,38)(H,40,44)/t24-,26+,30-,32?/m0/s1. The SMILES string of the molecule is CCC[C@@H](C=O)NC(=N)[C@@H]1C[C@@H](Oc2cc(-c3ccccc3)nc3cc(OC)ccc23)CN1C(=O)C(NC(=O)OC(C)(C)C)C(C)C. The highest BCUT2D eigenvalue weighted by Crippen LogP contribution is 2.35. The molecule has 0 aliphatic carbocycles. The molecule has 1 aliphatic rings. The van der Waals surface area contributed by atoms with Crippen LogP contribution in [-0.2, 0) is 14.3 Å². The Morgan fingerprint density at radius 3 is 2.45 bits per heavy atom. The van der Waals surface area contributed by atoms with Crippen LogP contribution < -0.4 is 20.1 Å². The number of hydrogen-bond donors (Lipinski definition) is 3. The highest BCUT2D eigenvalue weighted by atomic mass is 16.6. The molecule has 2 amide bonds. The Morgan fingerprint density at radius 2 is 1.83 bits per heavy atom. The van der Waals surface area contributed by atoms with Crippen molar-refractivity contribution >= 4 is 35.0 Å². The molecule has 1 unspecified atom stereocenters. The van der Waals surface area contributed by atoms with Gasteiger partial charge in [-0.3, -0.25) is 10.2 Å². The van der Waals surface area contributed by atoms with Crippen molar-refractivity contribution in [2.24, 2.45) is 5.92 Å². The average molecular weight is 646 g/mol. The molecule has 2 heterocycles. The van der Waals surface area contributed by atoms with Crippen molar-refractivity contribution in [1.29, 1.82) is 5.41 Å². The zero-order chi connectivity index (χ0) is 34.3. The summed E-state index contributed by atoms with van der Waals surface area (Å²) in [4.78, 5) is 45.2. The number of fused-ring (bicyclic) bond motifs is 1. The Balaban J connectivity index is 1.69. The number of hydrogen-bond acceptors (Lipinski definition) is 8. The van der Waals surface area contributed by atoms with Crippen LogP contribution in [0.15, 0.2) is 54.6 Å². The monoisotopic (exact) mass is 645 g/mol. The Hall–Kier alpha value is -4.67. The van der Waals surface area contributed by atoms with Gasteiger partial charge >= 0.3 is 6.09 Å². The molecular weight excluding hydrogens is 598 g/mol. The molecule has 0 radical (unpaired) electrons. The third kappa shape index (κ3) is 8.99. The van der Waals surface area contributed by atoms with Gasteiger partial charge in [-0.1, -0.05) is 57.5 Å². The van der Waals surface area contributed by atoms with Crippen molar-refractivity contribution in [2.75, 3.05) is 13.7 Å². The van der Waals surface area contributed by atoms with E-state index in [4.69, 9.17) is 24.6 Å². The Kier molecular flexibility index (Phi) is 11.4. The lowest BCUT2D eigenvalue weighted by molar-refractivity contribution is -0.134. The molecular formula is C36H47N5O6. The van der Waals surface area contributed by atoms with E-state index < -0.39 is 35.9 Å². The predicted molar refractivity (Wildman–Crippen MR) is 182 cm³/mol. The van der Waals surface area contributed by atoms with Crippen molar-refractivity contribution in [3.05, 3.63) is 54.6 Å². The van der Waals surface area contributed by atoms with Crippen molar-refractivity contribution in [2.45, 2.75) is 90.6 Å². The number of amides is 2. The fourth-order valence-electron chi connectivity index (χ4n) is 5.65. The molecule has 1 aliphatic heterocycles. The van der Waals surface area contributed by atoms with Crippen LogP contribution in [0, 0.1) is 11.3 Å². The van der Waals surface area contributed by atoms with E-state index in [1.807, 2.05) is 75.4 Å². The number of aldehydes is 1. The number of amidine groups is 1. The summed E-state index contributed by atoms with van der Waals surface area (Å²) in [6.45, 7) is 11.1. The van der Waals surface area contributed by atoms with E-state index in [0.717, 1.165) is 23.7 Å². The average Bonchev–Trinajstić information content (AvgIpc) is 3.46. The number of nitrogens with zero attached hydrogens (tertiary/aromatic N) is 2. The van der Waals surface area contributed by atoms with E-state index in [2.05, 4.69) is 10.6 Å². The molecule has 1 fully saturated rings. The molecule has 2 aromatic carbocycles. The second kappa shape index (κ2) is 15.3. The number of likely N-dealkylation sites (tertiary alicyclic amines) is 1. The molecule has 0 spiro atoms. The minimum atomic E-state index is -0.907. The van der Waals surface area contributed by atoms with E-state index in [9.17, 15) is 14.4 Å². The number of carbonyl (C=O) groups excluding carboxylic acids is 3. The summed E-state index contributed by atoms with van der Waals surface area (Å²) in [5.74, 6) is 0.656. The molecule has 47 heavy (non-hydrogen) atoms. The summed E-state index contributed by atoms with van der Waals surface area (Å²) in [5.41, 5.74) is 1.58. The summed E-state index contributed by atoms with van der Waals surface area (Å²) >= 11 is 0. The maximum Gasteiger partial charge on any atom is 0.408 e. The minimum absolute atomic E-state index is 0.0454. The lowest BCUT2D eigenvalue weighted by Crippen LogP contribution is -2.56. The lowest BCUT2D eigenvalue weighted by atomic mass is 10.0. The zero-order valence-corrected chi connectivity index (χ0v) is 28.3. The van der Waals surface area contributed by atoms with Gasteiger partial charge in [0.25, 0.3) is 0 Å². The summed E-state index contributed by atoms with van der Waals surface area (Å²) in [5, 5.41) is 15.5. The van der Waals surface area contributed by atoms with Crippen LogP contribution in [0.1, 0.15) is 60.8 Å². The van der Waals surface area contributed by atoms with Gasteiger partial charge in [0.05, 0.1) is 36.9 Å². The largest absolute Gasteiger partial charge is 0.497 e. The first-order valence-electron chi connectivity index (χ1n) is 16.1. The number of methoxy groups -OCH3 is 1. The maximum absolute atomic E-state index is 14.2. The van der Waals surface area contributed by atoms with E-state index >= 15 is 0 Å². The van der Waals surface area contributed by atoms with Crippen molar-refractivity contribution < 1.29 is 28.6 Å². The smallest absolute Gasteiger partial charge is 0.408 e. The zero-order valence-electron chi connectivity index (χ0n) is 28.3. The molecule has 4 atom stereocenters. The molecule has 1 aromatic heterocycles. The topological polar surface area (TPSA) is 143 Å². The van der Waals surface area contributed by atoms with Gasteiger partial charge in [-0.15, -0.1) is 0 Å². The fraction of sp³-hybridized carbons (Fsp3) is 0.472. The van der Waals surface area contributed by atoms with Crippen LogP contribution in [-0.4, -0.2) is 77.5 Å². The van der Waals surface area contributed by atoms with Crippen LogP contribution in [0.5, 0.6) is 11.5 Å². The fourth-order valence-corrected chi connectivity index (χ4v) is 5.65. The van der Waals surface area contributed by atoms with Crippen LogP contribution in [0.25, 0.3) is 22.2 Å². The highest BCUT2D eigenvalue weighted by Gasteiger charge is 2.43. The number of carbonyl (C=O) groups is 3. The Bertz CT molecular complexity index is 1570. The van der Waals surface area contributed by atoms with Crippen LogP contribution >= 0.6 is 0 Å². The Labute approximate surface area is 276 Å². The summed E-state index contributed by atoms with van der Waals surface area (Å²) in [7, 11) is 1.60. The van der Waals surface area contributed by atoms with Gasteiger partial charge in [0.1, 0.15) is 41.4 Å². The van der Waals surface area contributed by atoms with E-state index in [0.29, 0.717) is 35.6 Å². The first-order chi connectivity index (χ1) is 22.3.